The van der Waals surface area contributed by atoms with Gasteiger partial charge in [-0.25, -0.2) is 4.79 Å². The Morgan fingerprint density at radius 1 is 0.806 bits per heavy atom. The molecule has 12 heteroatoms. The Morgan fingerprint density at radius 2 is 1.39 bits per heavy atom. The molecular formula is C24H36O12. The van der Waals surface area contributed by atoms with Crippen molar-refractivity contribution in [3.8, 4) is 0 Å². The number of aliphatic hydroxyl groups is 7. The van der Waals surface area contributed by atoms with E-state index in [1.807, 2.05) is 32.1 Å². The van der Waals surface area contributed by atoms with Crippen molar-refractivity contribution in [1.82, 2.24) is 0 Å². The molecule has 0 amide bonds. The summed E-state index contributed by atoms with van der Waals surface area (Å²) in [7, 11) is 0. The number of ether oxygens (including phenoxy) is 4. The number of hydrogen-bond donors (Lipinski definition) is 7. The Balaban J connectivity index is 2.01. The number of esters is 1. The maximum Gasteiger partial charge on any atom is 0.336 e. The van der Waals surface area contributed by atoms with Crippen LogP contribution in [0.2, 0.25) is 0 Å². The first-order valence-corrected chi connectivity index (χ1v) is 11.5. The first-order chi connectivity index (χ1) is 17.0. The van der Waals surface area contributed by atoms with Crippen molar-refractivity contribution in [2.24, 2.45) is 0 Å². The highest BCUT2D eigenvalue weighted by Crippen LogP contribution is 2.26. The summed E-state index contributed by atoms with van der Waals surface area (Å²) < 4.78 is 21.1. The standard InChI is InChI=1S/C24H36O12/c1-4-5-7-12(2)8-6-9-13(3)22(32)36-24-21(31)19(29)17(27)15(35-24)11-33-23-20(30)18(28)16(26)14(10-25)34-23/h4-9,14-21,23-31H,10-11H2,1-3H3/b5-4+,8-6+,12-7+,13-9+/t14-,15-,16-,17-,18+,19+,20-,21-,23-,24+/m1/s1. The van der Waals surface area contributed by atoms with Gasteiger partial charge in [-0.1, -0.05) is 42.0 Å². The molecule has 0 aromatic carbocycles. The van der Waals surface area contributed by atoms with Crippen molar-refractivity contribution in [2.45, 2.75) is 82.2 Å². The highest BCUT2D eigenvalue weighted by Gasteiger charge is 2.48. The van der Waals surface area contributed by atoms with E-state index in [9.17, 15) is 40.5 Å². The molecule has 2 rings (SSSR count). The van der Waals surface area contributed by atoms with Gasteiger partial charge in [0.1, 0.15) is 48.8 Å². The van der Waals surface area contributed by atoms with Crippen molar-refractivity contribution in [1.29, 1.82) is 0 Å². The van der Waals surface area contributed by atoms with Gasteiger partial charge in [0.05, 0.1) is 13.2 Å². The summed E-state index contributed by atoms with van der Waals surface area (Å²) in [5.41, 5.74) is 1.12. The number of hydrogen-bond acceptors (Lipinski definition) is 12. The van der Waals surface area contributed by atoms with Crippen LogP contribution in [0.4, 0.5) is 0 Å². The van der Waals surface area contributed by atoms with Crippen molar-refractivity contribution in [3.05, 3.63) is 47.6 Å². The maximum absolute atomic E-state index is 12.4. The van der Waals surface area contributed by atoms with Crippen LogP contribution in [-0.4, -0.2) is 116 Å². The van der Waals surface area contributed by atoms with Crippen LogP contribution in [0.5, 0.6) is 0 Å². The van der Waals surface area contributed by atoms with Crippen molar-refractivity contribution in [2.75, 3.05) is 13.2 Å². The molecule has 2 fully saturated rings. The SMILES string of the molecule is C/C=C/C=C(C)/C=C/C=C(\C)C(=O)O[C@@H]1O[C@H](CO[C@@H]2O[C@H](CO)[C@@H](O)[C@H](O)[C@H]2O)[C@@H](O)[C@H](O)[C@H]1O. The average molecular weight is 517 g/mol. The third kappa shape index (κ3) is 7.76. The largest absolute Gasteiger partial charge is 0.429 e. The Morgan fingerprint density at radius 3 is 2.00 bits per heavy atom. The molecule has 2 heterocycles. The van der Waals surface area contributed by atoms with Gasteiger partial charge in [0.15, 0.2) is 6.29 Å². The smallest absolute Gasteiger partial charge is 0.336 e. The Kier molecular flexibility index (Phi) is 11.8. The topological polar surface area (TPSA) is 196 Å². The van der Waals surface area contributed by atoms with Gasteiger partial charge < -0.3 is 54.7 Å². The molecule has 12 nitrogen and oxygen atoms in total. The van der Waals surface area contributed by atoms with Crippen molar-refractivity contribution < 1.29 is 59.5 Å². The minimum atomic E-state index is -1.76. The molecule has 2 aliphatic heterocycles. The number of allylic oxidation sites excluding steroid dienone is 7. The fraction of sp³-hybridized carbons (Fsp3) is 0.625. The second-order valence-electron chi connectivity index (χ2n) is 8.60. The summed E-state index contributed by atoms with van der Waals surface area (Å²) in [6.45, 7) is 4.06. The van der Waals surface area contributed by atoms with Gasteiger partial charge >= 0.3 is 5.97 Å². The highest BCUT2D eigenvalue weighted by molar-refractivity contribution is 5.88. The molecule has 0 aromatic heterocycles. The lowest BCUT2D eigenvalue weighted by Gasteiger charge is -2.42. The molecule has 10 atom stereocenters. The predicted octanol–water partition coefficient (Wildman–Crippen LogP) is -1.82. The fourth-order valence-electron chi connectivity index (χ4n) is 3.46. The van der Waals surface area contributed by atoms with E-state index in [2.05, 4.69) is 0 Å². The van der Waals surface area contributed by atoms with Gasteiger partial charge in [-0.15, -0.1) is 0 Å². The van der Waals surface area contributed by atoms with E-state index < -0.39 is 80.6 Å². The minimum Gasteiger partial charge on any atom is -0.429 e. The van der Waals surface area contributed by atoms with E-state index in [0.717, 1.165) is 5.57 Å². The zero-order valence-electron chi connectivity index (χ0n) is 20.3. The van der Waals surface area contributed by atoms with E-state index in [0.29, 0.717) is 0 Å². The monoisotopic (exact) mass is 516 g/mol. The van der Waals surface area contributed by atoms with Gasteiger partial charge in [-0.2, -0.15) is 0 Å². The second kappa shape index (κ2) is 14.1. The van der Waals surface area contributed by atoms with Gasteiger partial charge in [0.2, 0.25) is 6.29 Å². The number of carbonyl (C=O) groups is 1. The molecular weight excluding hydrogens is 480 g/mol. The van der Waals surface area contributed by atoms with Crippen molar-refractivity contribution >= 4 is 5.97 Å². The molecule has 0 spiro atoms. The summed E-state index contributed by atoms with van der Waals surface area (Å²) in [5, 5.41) is 69.7. The molecule has 7 N–H and O–H groups in total. The molecule has 0 unspecified atom stereocenters. The van der Waals surface area contributed by atoms with E-state index in [1.54, 1.807) is 12.2 Å². The minimum absolute atomic E-state index is 0.176. The molecule has 36 heavy (non-hydrogen) atoms. The third-order valence-corrected chi connectivity index (χ3v) is 5.74. The zero-order valence-corrected chi connectivity index (χ0v) is 20.3. The number of carbonyl (C=O) groups excluding carboxylic acids is 1. The van der Waals surface area contributed by atoms with Crippen LogP contribution in [0.1, 0.15) is 20.8 Å². The summed E-state index contributed by atoms with van der Waals surface area (Å²) in [6, 6.07) is 0. The third-order valence-electron chi connectivity index (χ3n) is 5.74. The molecule has 0 aliphatic carbocycles. The Bertz CT molecular complexity index is 835. The van der Waals surface area contributed by atoms with Gasteiger partial charge in [0.25, 0.3) is 0 Å². The molecule has 0 bridgehead atoms. The Hall–Kier alpha value is -1.97. The van der Waals surface area contributed by atoms with Crippen molar-refractivity contribution in [3.63, 3.8) is 0 Å². The van der Waals surface area contributed by atoms with Crippen LogP contribution in [-0.2, 0) is 23.7 Å². The van der Waals surface area contributed by atoms with E-state index in [4.69, 9.17) is 18.9 Å². The summed E-state index contributed by atoms with van der Waals surface area (Å²) in [5.74, 6) is -0.837. The molecule has 0 saturated carbocycles. The first kappa shape index (κ1) is 30.3. The quantitative estimate of drug-likeness (QED) is 0.103. The zero-order chi connectivity index (χ0) is 27.0. The van der Waals surface area contributed by atoms with E-state index in [-0.39, 0.29) is 5.57 Å². The fourth-order valence-corrected chi connectivity index (χ4v) is 3.46. The molecule has 204 valence electrons. The normalized spacial score (nSPS) is 38.6. The lowest BCUT2D eigenvalue weighted by Crippen LogP contribution is -2.61. The molecule has 0 radical (unpaired) electrons. The number of aliphatic hydroxyl groups excluding tert-OH is 7. The van der Waals surface area contributed by atoms with Crippen LogP contribution in [0.15, 0.2) is 47.6 Å². The van der Waals surface area contributed by atoms with E-state index in [1.165, 1.54) is 13.0 Å². The van der Waals surface area contributed by atoms with Gasteiger partial charge in [0, 0.05) is 5.57 Å². The predicted molar refractivity (Wildman–Crippen MR) is 124 cm³/mol. The average Bonchev–Trinajstić information content (AvgIpc) is 2.86. The first-order valence-electron chi connectivity index (χ1n) is 11.5. The molecule has 0 aromatic rings. The molecule has 2 saturated heterocycles. The summed E-state index contributed by atoms with van der Waals surface area (Å²) in [4.78, 5) is 12.4. The highest BCUT2D eigenvalue weighted by atomic mass is 16.7. The van der Waals surface area contributed by atoms with Crippen LogP contribution in [0.3, 0.4) is 0 Å². The van der Waals surface area contributed by atoms with Crippen LogP contribution in [0.25, 0.3) is 0 Å². The van der Waals surface area contributed by atoms with Gasteiger partial charge in [-0.3, -0.25) is 0 Å². The second-order valence-corrected chi connectivity index (χ2v) is 8.60. The maximum atomic E-state index is 12.4. The van der Waals surface area contributed by atoms with Crippen LogP contribution >= 0.6 is 0 Å². The molecule has 2 aliphatic rings. The van der Waals surface area contributed by atoms with Gasteiger partial charge in [-0.05, 0) is 20.8 Å². The summed E-state index contributed by atoms with van der Waals surface area (Å²) >= 11 is 0. The summed E-state index contributed by atoms with van der Waals surface area (Å²) in [6.07, 6.45) is -5.31. The number of rotatable bonds is 9. The lowest BCUT2D eigenvalue weighted by molar-refractivity contribution is -0.326. The van der Waals surface area contributed by atoms with Crippen LogP contribution < -0.4 is 0 Å². The lowest BCUT2D eigenvalue weighted by atomic mass is 9.98. The van der Waals surface area contributed by atoms with Crippen LogP contribution in [0, 0.1) is 0 Å². The Labute approximate surface area is 209 Å². The van der Waals surface area contributed by atoms with E-state index >= 15 is 0 Å².